The highest BCUT2D eigenvalue weighted by atomic mass is 32.2. The van der Waals surface area contributed by atoms with Crippen LogP contribution in [-0.2, 0) is 16.4 Å². The van der Waals surface area contributed by atoms with Crippen molar-refractivity contribution in [2.45, 2.75) is 31.2 Å². The smallest absolute Gasteiger partial charge is 0.238 e. The highest BCUT2D eigenvalue weighted by Crippen LogP contribution is 2.12. The maximum atomic E-state index is 11.0. The van der Waals surface area contributed by atoms with E-state index in [0.717, 1.165) is 12.0 Å². The number of hydrogen-bond donors (Lipinski definition) is 2. The van der Waals surface area contributed by atoms with E-state index < -0.39 is 10.0 Å². The van der Waals surface area contributed by atoms with Crippen LogP contribution in [0.3, 0.4) is 0 Å². The first-order valence-corrected chi connectivity index (χ1v) is 6.72. The Hall–Kier alpha value is -0.910. The number of sulfonamides is 1. The van der Waals surface area contributed by atoms with Crippen LogP contribution in [0.4, 0.5) is 0 Å². The largest absolute Gasteiger partial charge is 0.327 e. The molecule has 1 rings (SSSR count). The first kappa shape index (κ1) is 13.2. The number of benzene rings is 1. The molecule has 0 radical (unpaired) electrons. The van der Waals surface area contributed by atoms with Crippen LogP contribution < -0.4 is 10.9 Å². The standard InChI is InChI=1S/C11H18N2O2S/c1-8(2)11(12)7-9-3-5-10(6-4-9)16(13,14)15/h3-6,8,11H,7,12H2,1-2H3,(H2,13,14,15). The molecule has 0 aromatic heterocycles. The van der Waals surface area contributed by atoms with Crippen LogP contribution >= 0.6 is 0 Å². The first-order valence-electron chi connectivity index (χ1n) is 5.18. The fraction of sp³-hybridized carbons (Fsp3) is 0.455. The summed E-state index contributed by atoms with van der Waals surface area (Å²) in [4.78, 5) is 0.134. The van der Waals surface area contributed by atoms with Gasteiger partial charge in [0.25, 0.3) is 0 Å². The number of nitrogens with two attached hydrogens (primary N) is 2. The zero-order valence-corrected chi connectivity index (χ0v) is 10.4. The Morgan fingerprint density at radius 2 is 1.69 bits per heavy atom. The molecular formula is C11H18N2O2S. The van der Waals surface area contributed by atoms with Crippen molar-refractivity contribution in [3.8, 4) is 0 Å². The van der Waals surface area contributed by atoms with Gasteiger partial charge >= 0.3 is 0 Å². The first-order chi connectivity index (χ1) is 7.30. The van der Waals surface area contributed by atoms with Gasteiger partial charge in [0, 0.05) is 6.04 Å². The Labute approximate surface area is 96.7 Å². The Morgan fingerprint density at radius 1 is 1.19 bits per heavy atom. The predicted octanol–water partition coefficient (Wildman–Crippen LogP) is 0.860. The number of hydrogen-bond acceptors (Lipinski definition) is 3. The number of rotatable bonds is 4. The van der Waals surface area contributed by atoms with Crippen LogP contribution in [0.5, 0.6) is 0 Å². The Bertz CT molecular complexity index is 438. The fourth-order valence-corrected chi connectivity index (χ4v) is 1.84. The van der Waals surface area contributed by atoms with Gasteiger partial charge in [0.1, 0.15) is 0 Å². The van der Waals surface area contributed by atoms with Gasteiger partial charge in [-0.3, -0.25) is 0 Å². The van der Waals surface area contributed by atoms with Gasteiger partial charge in [-0.05, 0) is 30.0 Å². The van der Waals surface area contributed by atoms with Crippen molar-refractivity contribution in [2.24, 2.45) is 16.8 Å². The van der Waals surface area contributed by atoms with Gasteiger partial charge in [-0.1, -0.05) is 26.0 Å². The van der Waals surface area contributed by atoms with Gasteiger partial charge < -0.3 is 5.73 Å². The second-order valence-electron chi connectivity index (χ2n) is 4.30. The molecule has 4 nitrogen and oxygen atoms in total. The summed E-state index contributed by atoms with van der Waals surface area (Å²) in [6.45, 7) is 4.12. The van der Waals surface area contributed by atoms with Crippen molar-refractivity contribution in [1.82, 2.24) is 0 Å². The molecule has 0 saturated carbocycles. The highest BCUT2D eigenvalue weighted by molar-refractivity contribution is 7.89. The molecule has 1 aromatic rings. The third-order valence-corrected chi connectivity index (χ3v) is 3.51. The summed E-state index contributed by atoms with van der Waals surface area (Å²) in [5.74, 6) is 0.401. The van der Waals surface area contributed by atoms with Crippen LogP contribution in [0.1, 0.15) is 19.4 Å². The Balaban J connectivity index is 2.80. The quantitative estimate of drug-likeness (QED) is 0.821. The molecular weight excluding hydrogens is 224 g/mol. The molecule has 16 heavy (non-hydrogen) atoms. The van der Waals surface area contributed by atoms with Crippen molar-refractivity contribution in [2.75, 3.05) is 0 Å². The van der Waals surface area contributed by atoms with Crippen molar-refractivity contribution in [3.05, 3.63) is 29.8 Å². The normalized spacial score (nSPS) is 14.1. The van der Waals surface area contributed by atoms with Crippen LogP contribution in [0.25, 0.3) is 0 Å². The molecule has 0 spiro atoms. The van der Waals surface area contributed by atoms with Crippen LogP contribution in [0, 0.1) is 5.92 Å². The number of primary sulfonamides is 1. The zero-order valence-electron chi connectivity index (χ0n) is 9.55. The highest BCUT2D eigenvalue weighted by Gasteiger charge is 2.10. The van der Waals surface area contributed by atoms with Crippen molar-refractivity contribution in [3.63, 3.8) is 0 Å². The van der Waals surface area contributed by atoms with E-state index in [1.807, 2.05) is 0 Å². The van der Waals surface area contributed by atoms with E-state index in [9.17, 15) is 8.42 Å². The Morgan fingerprint density at radius 3 is 2.06 bits per heavy atom. The predicted molar refractivity (Wildman–Crippen MR) is 64.3 cm³/mol. The summed E-state index contributed by atoms with van der Waals surface area (Å²) in [6, 6.07) is 6.61. The molecule has 0 saturated heterocycles. The third-order valence-electron chi connectivity index (χ3n) is 2.58. The minimum atomic E-state index is -3.60. The molecule has 0 aliphatic rings. The molecule has 4 N–H and O–H groups in total. The molecule has 0 aliphatic carbocycles. The van der Waals surface area contributed by atoms with E-state index in [2.05, 4.69) is 13.8 Å². The van der Waals surface area contributed by atoms with E-state index in [4.69, 9.17) is 10.9 Å². The molecule has 5 heteroatoms. The van der Waals surface area contributed by atoms with Crippen molar-refractivity contribution < 1.29 is 8.42 Å². The molecule has 0 fully saturated rings. The van der Waals surface area contributed by atoms with E-state index in [-0.39, 0.29) is 10.9 Å². The summed E-state index contributed by atoms with van der Waals surface area (Å²) in [7, 11) is -3.60. The molecule has 1 atom stereocenters. The lowest BCUT2D eigenvalue weighted by Crippen LogP contribution is -2.28. The maximum Gasteiger partial charge on any atom is 0.238 e. The van der Waals surface area contributed by atoms with Gasteiger partial charge in [-0.15, -0.1) is 0 Å². The third kappa shape index (κ3) is 3.59. The van der Waals surface area contributed by atoms with Crippen molar-refractivity contribution in [1.29, 1.82) is 0 Å². The van der Waals surface area contributed by atoms with E-state index in [1.54, 1.807) is 12.1 Å². The fourth-order valence-electron chi connectivity index (χ4n) is 1.32. The average Bonchev–Trinajstić information content (AvgIpc) is 2.17. The summed E-state index contributed by atoms with van der Waals surface area (Å²) in [5.41, 5.74) is 6.95. The van der Waals surface area contributed by atoms with Gasteiger partial charge in [-0.2, -0.15) is 0 Å². The molecule has 1 unspecified atom stereocenters. The topological polar surface area (TPSA) is 86.2 Å². The van der Waals surface area contributed by atoms with Gasteiger partial charge in [0.15, 0.2) is 0 Å². The minimum absolute atomic E-state index is 0.0836. The van der Waals surface area contributed by atoms with E-state index in [0.29, 0.717) is 5.92 Å². The SMILES string of the molecule is CC(C)C(N)Cc1ccc(S(N)(=O)=O)cc1. The molecule has 0 heterocycles. The van der Waals surface area contributed by atoms with E-state index >= 15 is 0 Å². The second kappa shape index (κ2) is 4.95. The van der Waals surface area contributed by atoms with Gasteiger partial charge in [-0.25, -0.2) is 13.6 Å². The monoisotopic (exact) mass is 242 g/mol. The molecule has 0 bridgehead atoms. The van der Waals surface area contributed by atoms with Crippen LogP contribution in [0.2, 0.25) is 0 Å². The van der Waals surface area contributed by atoms with E-state index in [1.165, 1.54) is 12.1 Å². The Kier molecular flexibility index (Phi) is 4.07. The average molecular weight is 242 g/mol. The summed E-state index contributed by atoms with van der Waals surface area (Å²) in [5, 5.41) is 5.00. The van der Waals surface area contributed by atoms with Crippen LogP contribution in [-0.4, -0.2) is 14.5 Å². The lowest BCUT2D eigenvalue weighted by atomic mass is 9.97. The van der Waals surface area contributed by atoms with Crippen LogP contribution in [0.15, 0.2) is 29.2 Å². The molecule has 1 aromatic carbocycles. The molecule has 90 valence electrons. The minimum Gasteiger partial charge on any atom is -0.327 e. The summed E-state index contributed by atoms with van der Waals surface area (Å²) < 4.78 is 22.1. The molecule has 0 aliphatic heterocycles. The van der Waals surface area contributed by atoms with Gasteiger partial charge in [0.2, 0.25) is 10.0 Å². The zero-order chi connectivity index (χ0) is 12.3. The van der Waals surface area contributed by atoms with Crippen molar-refractivity contribution >= 4 is 10.0 Å². The summed E-state index contributed by atoms with van der Waals surface area (Å²) in [6.07, 6.45) is 0.739. The summed E-state index contributed by atoms with van der Waals surface area (Å²) >= 11 is 0. The lowest BCUT2D eigenvalue weighted by molar-refractivity contribution is 0.490. The molecule has 0 amide bonds. The lowest BCUT2D eigenvalue weighted by Gasteiger charge is -2.15. The maximum absolute atomic E-state index is 11.0. The second-order valence-corrected chi connectivity index (χ2v) is 5.86. The van der Waals surface area contributed by atoms with Gasteiger partial charge in [0.05, 0.1) is 4.90 Å².